The highest BCUT2D eigenvalue weighted by Crippen LogP contribution is 2.51. The average molecular weight is 244 g/mol. The molecule has 2 aliphatic rings. The van der Waals surface area contributed by atoms with E-state index in [1.54, 1.807) is 0 Å². The second-order valence-electron chi connectivity index (χ2n) is 6.12. The minimum Gasteiger partial charge on any atom is -0.295 e. The average Bonchev–Trinajstić information content (AvgIpc) is 2.28. The number of hydrogen-bond acceptors (Lipinski definition) is 1. The largest absolute Gasteiger partial charge is 0.295 e. The first-order valence-electron chi connectivity index (χ1n) is 7.00. The van der Waals surface area contributed by atoms with E-state index < -0.39 is 0 Å². The molecule has 18 heavy (non-hydrogen) atoms. The van der Waals surface area contributed by atoms with Crippen molar-refractivity contribution in [2.45, 2.75) is 52.9 Å². The summed E-state index contributed by atoms with van der Waals surface area (Å²) >= 11 is 0. The second kappa shape index (κ2) is 4.87. The van der Waals surface area contributed by atoms with E-state index in [-0.39, 0.29) is 5.41 Å². The number of Topliss-reactive ketones (excluding diaryl/α,β-unsaturated/α-hetero) is 1. The number of carbonyl (C=O) groups is 1. The fraction of sp³-hybridized carbons (Fsp3) is 0.588. The summed E-state index contributed by atoms with van der Waals surface area (Å²) in [7, 11) is 0. The summed E-state index contributed by atoms with van der Waals surface area (Å²) in [6.45, 7) is 10.6. The molecule has 0 fully saturated rings. The topological polar surface area (TPSA) is 17.1 Å². The quantitative estimate of drug-likeness (QED) is 0.616. The highest BCUT2D eigenvalue weighted by molar-refractivity contribution is 5.97. The first-order valence-corrected chi connectivity index (χ1v) is 7.00. The van der Waals surface area contributed by atoms with Crippen LogP contribution >= 0.6 is 0 Å². The summed E-state index contributed by atoms with van der Waals surface area (Å²) in [6.07, 6.45) is 9.66. The zero-order valence-corrected chi connectivity index (χ0v) is 11.9. The number of carbonyl (C=O) groups excluding carboxylic acids is 1. The molecular weight excluding hydrogens is 220 g/mol. The molecule has 0 unspecified atom stereocenters. The molecule has 1 nitrogen and oxygen atoms in total. The third-order valence-electron chi connectivity index (χ3n) is 4.82. The van der Waals surface area contributed by atoms with Gasteiger partial charge in [0.15, 0.2) is 5.78 Å². The Morgan fingerprint density at radius 2 is 2.17 bits per heavy atom. The Hall–Kier alpha value is -1.11. The Labute approximate surface area is 111 Å². The van der Waals surface area contributed by atoms with E-state index >= 15 is 0 Å². The van der Waals surface area contributed by atoms with Crippen molar-refractivity contribution in [3.05, 3.63) is 35.5 Å². The van der Waals surface area contributed by atoms with Gasteiger partial charge in [-0.2, -0.15) is 0 Å². The lowest BCUT2D eigenvalue weighted by atomic mass is 9.59. The van der Waals surface area contributed by atoms with E-state index in [4.69, 9.17) is 0 Å². The normalized spacial score (nSPS) is 34.6. The molecule has 0 saturated carbocycles. The van der Waals surface area contributed by atoms with Crippen LogP contribution in [0.1, 0.15) is 52.9 Å². The van der Waals surface area contributed by atoms with Gasteiger partial charge in [-0.25, -0.2) is 0 Å². The van der Waals surface area contributed by atoms with Crippen molar-refractivity contribution in [1.82, 2.24) is 0 Å². The molecule has 2 aliphatic carbocycles. The molecule has 98 valence electrons. The Kier molecular flexibility index (Phi) is 3.61. The van der Waals surface area contributed by atoms with Gasteiger partial charge in [0.25, 0.3) is 0 Å². The van der Waals surface area contributed by atoms with E-state index in [1.165, 1.54) is 5.57 Å². The maximum absolute atomic E-state index is 12.2. The molecular formula is C17H24O. The minimum absolute atomic E-state index is 0.112. The van der Waals surface area contributed by atoms with Crippen molar-refractivity contribution >= 4 is 5.78 Å². The summed E-state index contributed by atoms with van der Waals surface area (Å²) in [4.78, 5) is 12.2. The highest BCUT2D eigenvalue weighted by Gasteiger charge is 2.43. The molecule has 2 atom stereocenters. The van der Waals surface area contributed by atoms with E-state index in [1.807, 2.05) is 6.92 Å². The van der Waals surface area contributed by atoms with E-state index in [0.29, 0.717) is 18.1 Å². The van der Waals surface area contributed by atoms with Gasteiger partial charge < -0.3 is 0 Å². The lowest BCUT2D eigenvalue weighted by molar-refractivity contribution is -0.117. The Morgan fingerprint density at radius 1 is 1.44 bits per heavy atom. The van der Waals surface area contributed by atoms with Crippen molar-refractivity contribution in [2.24, 2.45) is 11.3 Å². The Balaban J connectivity index is 2.53. The van der Waals surface area contributed by atoms with Crippen molar-refractivity contribution < 1.29 is 4.79 Å². The zero-order valence-electron chi connectivity index (χ0n) is 11.9. The van der Waals surface area contributed by atoms with Crippen LogP contribution in [0.5, 0.6) is 0 Å². The number of hydrogen-bond donors (Lipinski definition) is 0. The van der Waals surface area contributed by atoms with Gasteiger partial charge in [-0.3, -0.25) is 4.79 Å². The predicted molar refractivity (Wildman–Crippen MR) is 76.3 cm³/mol. The molecule has 0 spiro atoms. The van der Waals surface area contributed by atoms with Gasteiger partial charge in [-0.1, -0.05) is 36.8 Å². The van der Waals surface area contributed by atoms with Crippen molar-refractivity contribution in [1.29, 1.82) is 0 Å². The molecule has 2 rings (SSSR count). The maximum atomic E-state index is 12.2. The monoisotopic (exact) mass is 244 g/mol. The summed E-state index contributed by atoms with van der Waals surface area (Å²) in [6, 6.07) is 0. The van der Waals surface area contributed by atoms with Gasteiger partial charge in [-0.05, 0) is 56.4 Å². The highest BCUT2D eigenvalue weighted by atomic mass is 16.1. The summed E-state index contributed by atoms with van der Waals surface area (Å²) < 4.78 is 0. The molecule has 0 amide bonds. The molecule has 0 N–H and O–H groups in total. The molecule has 0 aliphatic heterocycles. The van der Waals surface area contributed by atoms with Crippen LogP contribution in [0, 0.1) is 11.3 Å². The number of rotatable bonds is 1. The maximum Gasteiger partial charge on any atom is 0.159 e. The molecule has 0 aromatic carbocycles. The first-order chi connectivity index (χ1) is 8.47. The second-order valence-corrected chi connectivity index (χ2v) is 6.12. The van der Waals surface area contributed by atoms with Crippen LogP contribution in [-0.2, 0) is 4.79 Å². The van der Waals surface area contributed by atoms with Gasteiger partial charge in [0, 0.05) is 6.42 Å². The van der Waals surface area contributed by atoms with Gasteiger partial charge in [-0.15, -0.1) is 0 Å². The number of allylic oxidation sites excluding steroid dienone is 5. The SMILES string of the molecule is C=C(C)[C@@H]1CC(=O)C(C)=C2CCC/C=C\C[C@]21C. The van der Waals surface area contributed by atoms with Crippen LogP contribution in [0.4, 0.5) is 0 Å². The van der Waals surface area contributed by atoms with E-state index in [9.17, 15) is 4.79 Å². The number of ketones is 1. The third-order valence-corrected chi connectivity index (χ3v) is 4.82. The molecule has 0 radical (unpaired) electrons. The fourth-order valence-corrected chi connectivity index (χ4v) is 3.67. The smallest absolute Gasteiger partial charge is 0.159 e. The Morgan fingerprint density at radius 3 is 2.83 bits per heavy atom. The van der Waals surface area contributed by atoms with Crippen LogP contribution in [0.15, 0.2) is 35.5 Å². The van der Waals surface area contributed by atoms with E-state index in [2.05, 4.69) is 32.6 Å². The molecule has 0 saturated heterocycles. The van der Waals surface area contributed by atoms with Gasteiger partial charge >= 0.3 is 0 Å². The molecule has 0 aromatic rings. The lowest BCUT2D eigenvalue weighted by Crippen LogP contribution is -2.37. The standard InChI is InChI=1S/C17H24O/c1-12(2)15-11-16(18)13(3)14-9-7-5-6-8-10-17(14,15)4/h6,8,15H,1,5,7,9-11H2,2-4H3/b8-6-/t15-,17+/m0/s1. The third kappa shape index (κ3) is 2.11. The van der Waals surface area contributed by atoms with Crippen LogP contribution in [-0.4, -0.2) is 5.78 Å². The van der Waals surface area contributed by atoms with Crippen molar-refractivity contribution in [2.75, 3.05) is 0 Å². The van der Waals surface area contributed by atoms with Gasteiger partial charge in [0.2, 0.25) is 0 Å². The predicted octanol–water partition coefficient (Wildman–Crippen LogP) is 4.60. The molecule has 0 heterocycles. The van der Waals surface area contributed by atoms with Gasteiger partial charge in [0.05, 0.1) is 0 Å². The summed E-state index contributed by atoms with van der Waals surface area (Å²) in [5.74, 6) is 0.645. The first kappa shape index (κ1) is 13.3. The summed E-state index contributed by atoms with van der Waals surface area (Å²) in [5, 5.41) is 0. The van der Waals surface area contributed by atoms with Crippen molar-refractivity contribution in [3.8, 4) is 0 Å². The van der Waals surface area contributed by atoms with Crippen LogP contribution < -0.4 is 0 Å². The summed E-state index contributed by atoms with van der Waals surface area (Å²) in [5.41, 5.74) is 3.70. The minimum atomic E-state index is 0.112. The Bertz CT molecular complexity index is 439. The van der Waals surface area contributed by atoms with Crippen LogP contribution in [0.25, 0.3) is 0 Å². The zero-order chi connectivity index (χ0) is 13.3. The molecule has 0 bridgehead atoms. The van der Waals surface area contributed by atoms with Gasteiger partial charge in [0.1, 0.15) is 0 Å². The van der Waals surface area contributed by atoms with Crippen LogP contribution in [0.3, 0.4) is 0 Å². The molecule has 1 heteroatoms. The number of fused-ring (bicyclic) bond motifs is 1. The lowest BCUT2D eigenvalue weighted by Gasteiger charge is -2.44. The van der Waals surface area contributed by atoms with Crippen molar-refractivity contribution in [3.63, 3.8) is 0 Å². The molecule has 0 aromatic heterocycles. The fourth-order valence-electron chi connectivity index (χ4n) is 3.67. The van der Waals surface area contributed by atoms with E-state index in [0.717, 1.165) is 36.8 Å². The van der Waals surface area contributed by atoms with Crippen LogP contribution in [0.2, 0.25) is 0 Å².